The summed E-state index contributed by atoms with van der Waals surface area (Å²) < 4.78 is 7.17. The fourth-order valence-electron chi connectivity index (χ4n) is 1.58. The quantitative estimate of drug-likeness (QED) is 0.594. The highest BCUT2D eigenvalue weighted by atomic mass is 32.2. The normalized spacial score (nSPS) is 11.1. The maximum absolute atomic E-state index is 11.2. The molecular weight excluding hydrogens is 264 g/mol. The van der Waals surface area contributed by atoms with Gasteiger partial charge in [-0.25, -0.2) is 9.89 Å². The standard InChI is InChI=1S/C12H18N4O2S/c1-3-6-13-7-9-4-5-10(18-9)8-19-12-15-14-11(17)16(12)2/h4-5,13H,3,6-8H2,1-2H3,(H,14,17). The van der Waals surface area contributed by atoms with E-state index in [-0.39, 0.29) is 5.69 Å². The van der Waals surface area contributed by atoms with Crippen molar-refractivity contribution in [3.8, 4) is 0 Å². The minimum absolute atomic E-state index is 0.202. The third-order valence-electron chi connectivity index (χ3n) is 2.63. The van der Waals surface area contributed by atoms with Gasteiger partial charge in [-0.1, -0.05) is 18.7 Å². The van der Waals surface area contributed by atoms with Crippen molar-refractivity contribution >= 4 is 11.8 Å². The van der Waals surface area contributed by atoms with E-state index in [1.807, 2.05) is 12.1 Å². The lowest BCUT2D eigenvalue weighted by molar-refractivity contribution is 0.459. The molecule has 0 unspecified atom stereocenters. The van der Waals surface area contributed by atoms with Crippen LogP contribution in [0.15, 0.2) is 26.5 Å². The van der Waals surface area contributed by atoms with Gasteiger partial charge in [0.2, 0.25) is 0 Å². The monoisotopic (exact) mass is 282 g/mol. The fraction of sp³-hybridized carbons (Fsp3) is 0.500. The van der Waals surface area contributed by atoms with Crippen LogP contribution in [0.25, 0.3) is 0 Å². The van der Waals surface area contributed by atoms with Crippen molar-refractivity contribution in [2.75, 3.05) is 6.54 Å². The molecule has 0 aromatic carbocycles. The van der Waals surface area contributed by atoms with Crippen LogP contribution in [-0.4, -0.2) is 21.3 Å². The topological polar surface area (TPSA) is 75.8 Å². The average molecular weight is 282 g/mol. The fourth-order valence-corrected chi connectivity index (χ4v) is 2.39. The SMILES string of the molecule is CCCNCc1ccc(CSc2n[nH]c(=O)n2C)o1. The number of rotatable bonds is 7. The molecule has 2 N–H and O–H groups in total. The van der Waals surface area contributed by atoms with Crippen molar-refractivity contribution in [3.63, 3.8) is 0 Å². The molecule has 104 valence electrons. The van der Waals surface area contributed by atoms with Crippen molar-refractivity contribution in [2.45, 2.75) is 30.8 Å². The molecule has 0 amide bonds. The molecule has 0 bridgehead atoms. The first kappa shape index (κ1) is 14.0. The first-order valence-electron chi connectivity index (χ1n) is 6.23. The number of furan rings is 1. The lowest BCUT2D eigenvalue weighted by atomic mass is 10.4. The smallest absolute Gasteiger partial charge is 0.343 e. The molecule has 0 saturated heterocycles. The van der Waals surface area contributed by atoms with Crippen molar-refractivity contribution < 1.29 is 4.42 Å². The van der Waals surface area contributed by atoms with Crippen LogP contribution in [0.4, 0.5) is 0 Å². The number of thioether (sulfide) groups is 1. The van der Waals surface area contributed by atoms with Gasteiger partial charge in [0, 0.05) is 7.05 Å². The summed E-state index contributed by atoms with van der Waals surface area (Å²) in [5, 5.41) is 10.3. The molecular formula is C12H18N4O2S. The van der Waals surface area contributed by atoms with Gasteiger partial charge in [0.15, 0.2) is 5.16 Å². The number of nitrogens with zero attached hydrogens (tertiary/aromatic N) is 2. The van der Waals surface area contributed by atoms with Crippen molar-refractivity contribution in [2.24, 2.45) is 7.05 Å². The van der Waals surface area contributed by atoms with Crippen molar-refractivity contribution in [1.82, 2.24) is 20.1 Å². The van der Waals surface area contributed by atoms with E-state index in [1.54, 1.807) is 7.05 Å². The Bertz CT molecular complexity index is 572. The van der Waals surface area contributed by atoms with Gasteiger partial charge in [0.25, 0.3) is 0 Å². The van der Waals surface area contributed by atoms with Gasteiger partial charge in [-0.2, -0.15) is 0 Å². The molecule has 2 heterocycles. The summed E-state index contributed by atoms with van der Waals surface area (Å²) in [6.45, 7) is 3.87. The van der Waals surface area contributed by atoms with Gasteiger partial charge in [0.1, 0.15) is 11.5 Å². The molecule has 0 fully saturated rings. The third kappa shape index (κ3) is 3.74. The number of hydrogen-bond donors (Lipinski definition) is 2. The lowest BCUT2D eigenvalue weighted by Gasteiger charge is -2.00. The van der Waals surface area contributed by atoms with Gasteiger partial charge in [-0.3, -0.25) is 4.57 Å². The molecule has 0 radical (unpaired) electrons. The number of hydrogen-bond acceptors (Lipinski definition) is 5. The summed E-state index contributed by atoms with van der Waals surface area (Å²) in [6.07, 6.45) is 1.11. The van der Waals surface area contributed by atoms with Crippen LogP contribution in [-0.2, 0) is 19.3 Å². The Kier molecular flexibility index (Phi) is 4.86. The molecule has 0 aliphatic rings. The Morgan fingerprint density at radius 3 is 2.95 bits per heavy atom. The number of nitrogens with one attached hydrogen (secondary N) is 2. The second-order valence-corrected chi connectivity index (χ2v) is 5.15. The number of aromatic nitrogens is 3. The predicted octanol–water partition coefficient (Wildman–Crippen LogP) is 1.49. The summed E-state index contributed by atoms with van der Waals surface area (Å²) in [6, 6.07) is 3.93. The van der Waals surface area contributed by atoms with E-state index in [1.165, 1.54) is 16.3 Å². The van der Waals surface area contributed by atoms with Crippen LogP contribution in [0.2, 0.25) is 0 Å². The molecule has 2 aromatic rings. The molecule has 0 aliphatic heterocycles. The van der Waals surface area contributed by atoms with Gasteiger partial charge in [-0.05, 0) is 25.1 Å². The molecule has 7 heteroatoms. The van der Waals surface area contributed by atoms with Gasteiger partial charge in [-0.15, -0.1) is 5.10 Å². The van der Waals surface area contributed by atoms with E-state index in [2.05, 4.69) is 22.4 Å². The van der Waals surface area contributed by atoms with E-state index in [0.717, 1.165) is 31.0 Å². The summed E-state index contributed by atoms with van der Waals surface area (Å²) in [4.78, 5) is 11.2. The number of H-pyrrole nitrogens is 1. The maximum Gasteiger partial charge on any atom is 0.343 e. The molecule has 6 nitrogen and oxygen atoms in total. The maximum atomic E-state index is 11.2. The molecule has 0 spiro atoms. The molecule has 0 aliphatic carbocycles. The highest BCUT2D eigenvalue weighted by Gasteiger charge is 2.07. The lowest BCUT2D eigenvalue weighted by Crippen LogP contribution is -2.13. The van der Waals surface area contributed by atoms with Crippen LogP contribution >= 0.6 is 11.8 Å². The number of aromatic amines is 1. The summed E-state index contributed by atoms with van der Waals surface area (Å²) in [7, 11) is 1.69. The van der Waals surface area contributed by atoms with Gasteiger partial charge >= 0.3 is 5.69 Å². The molecule has 0 atom stereocenters. The molecule has 2 rings (SSSR count). The Morgan fingerprint density at radius 1 is 1.47 bits per heavy atom. The Labute approximate surface area is 115 Å². The highest BCUT2D eigenvalue weighted by molar-refractivity contribution is 7.98. The Balaban J connectivity index is 1.86. The summed E-state index contributed by atoms with van der Waals surface area (Å²) >= 11 is 1.47. The average Bonchev–Trinajstić information content (AvgIpc) is 2.97. The highest BCUT2D eigenvalue weighted by Crippen LogP contribution is 2.20. The van der Waals surface area contributed by atoms with Gasteiger partial charge < -0.3 is 9.73 Å². The van der Waals surface area contributed by atoms with Crippen molar-refractivity contribution in [3.05, 3.63) is 34.1 Å². The largest absolute Gasteiger partial charge is 0.464 e. The first-order valence-corrected chi connectivity index (χ1v) is 7.21. The van der Waals surface area contributed by atoms with Gasteiger partial charge in [0.05, 0.1) is 12.3 Å². The molecule has 0 saturated carbocycles. The van der Waals surface area contributed by atoms with Crippen LogP contribution in [0.5, 0.6) is 0 Å². The second-order valence-electron chi connectivity index (χ2n) is 4.20. The third-order valence-corrected chi connectivity index (χ3v) is 3.68. The van der Waals surface area contributed by atoms with E-state index >= 15 is 0 Å². The van der Waals surface area contributed by atoms with Crippen LogP contribution in [0.1, 0.15) is 24.9 Å². The minimum atomic E-state index is -0.202. The second kappa shape index (κ2) is 6.63. The summed E-state index contributed by atoms with van der Waals surface area (Å²) in [5.41, 5.74) is -0.202. The van der Waals surface area contributed by atoms with Crippen LogP contribution in [0.3, 0.4) is 0 Å². The van der Waals surface area contributed by atoms with E-state index in [9.17, 15) is 4.79 Å². The molecule has 19 heavy (non-hydrogen) atoms. The Hall–Kier alpha value is -1.47. The van der Waals surface area contributed by atoms with E-state index in [4.69, 9.17) is 4.42 Å². The van der Waals surface area contributed by atoms with Crippen molar-refractivity contribution in [1.29, 1.82) is 0 Å². The zero-order chi connectivity index (χ0) is 13.7. The van der Waals surface area contributed by atoms with Crippen LogP contribution in [0, 0.1) is 0 Å². The zero-order valence-electron chi connectivity index (χ0n) is 11.1. The zero-order valence-corrected chi connectivity index (χ0v) is 11.9. The first-order chi connectivity index (χ1) is 9.20. The van der Waals surface area contributed by atoms with Crippen LogP contribution < -0.4 is 11.0 Å². The minimum Gasteiger partial charge on any atom is -0.464 e. The molecule has 2 aromatic heterocycles. The Morgan fingerprint density at radius 2 is 2.26 bits per heavy atom. The van der Waals surface area contributed by atoms with E-state index in [0.29, 0.717) is 10.9 Å². The van der Waals surface area contributed by atoms with E-state index < -0.39 is 0 Å². The predicted molar refractivity (Wildman–Crippen MR) is 74.1 cm³/mol. The summed E-state index contributed by atoms with van der Waals surface area (Å²) in [5.74, 6) is 2.47.